The van der Waals surface area contributed by atoms with Gasteiger partial charge >= 0.3 is 11.9 Å². The van der Waals surface area contributed by atoms with Crippen LogP contribution < -0.4 is 11.1 Å². The molecule has 0 fully saturated rings. The Balaban J connectivity index is 4.50. The van der Waals surface area contributed by atoms with Gasteiger partial charge in [-0.2, -0.15) is 0 Å². The molecule has 0 aromatic heterocycles. The molecule has 0 aromatic carbocycles. The summed E-state index contributed by atoms with van der Waals surface area (Å²) < 4.78 is 0. The maximum Gasteiger partial charge on any atom is 0.326 e. The number of aliphatic carboxylic acids is 2. The molecule has 7 heteroatoms. The predicted molar refractivity (Wildman–Crippen MR) is 59.3 cm³/mol. The summed E-state index contributed by atoms with van der Waals surface area (Å²) in [6.45, 7) is 3.24. The third-order valence-electron chi connectivity index (χ3n) is 2.38. The van der Waals surface area contributed by atoms with E-state index >= 15 is 0 Å². The molecule has 0 spiro atoms. The molecule has 0 saturated heterocycles. The first-order valence-corrected chi connectivity index (χ1v) is 5.16. The molecule has 1 atom stereocenters. The van der Waals surface area contributed by atoms with Crippen LogP contribution in [0.1, 0.15) is 26.7 Å². The van der Waals surface area contributed by atoms with Crippen molar-refractivity contribution in [3.8, 4) is 0 Å². The Labute approximate surface area is 99.0 Å². The van der Waals surface area contributed by atoms with Crippen LogP contribution in [-0.2, 0) is 14.4 Å². The van der Waals surface area contributed by atoms with Gasteiger partial charge < -0.3 is 21.3 Å². The Morgan fingerprint density at radius 2 is 1.82 bits per heavy atom. The highest BCUT2D eigenvalue weighted by Crippen LogP contribution is 2.13. The van der Waals surface area contributed by atoms with Gasteiger partial charge in [0.05, 0.1) is 5.41 Å². The molecule has 17 heavy (non-hydrogen) atoms. The van der Waals surface area contributed by atoms with Gasteiger partial charge in [0.25, 0.3) is 0 Å². The molecule has 0 aliphatic rings. The van der Waals surface area contributed by atoms with Gasteiger partial charge in [0.2, 0.25) is 5.91 Å². The van der Waals surface area contributed by atoms with E-state index in [1.54, 1.807) is 13.8 Å². The second-order valence-corrected chi connectivity index (χ2v) is 4.38. The number of carbonyl (C=O) groups excluding carboxylic acids is 1. The fraction of sp³-hybridized carbons (Fsp3) is 0.700. The first-order chi connectivity index (χ1) is 7.70. The number of amides is 1. The quantitative estimate of drug-likeness (QED) is 0.475. The molecular formula is C10H18N2O5. The highest BCUT2D eigenvalue weighted by Gasteiger charge is 2.30. The first-order valence-electron chi connectivity index (χ1n) is 5.16. The van der Waals surface area contributed by atoms with Crippen LogP contribution in [0.25, 0.3) is 0 Å². The Morgan fingerprint density at radius 3 is 2.18 bits per heavy atom. The van der Waals surface area contributed by atoms with Crippen LogP contribution in [-0.4, -0.2) is 40.6 Å². The van der Waals surface area contributed by atoms with Gasteiger partial charge in [-0.25, -0.2) is 4.79 Å². The van der Waals surface area contributed by atoms with Gasteiger partial charge in [-0.1, -0.05) is 0 Å². The fourth-order valence-electron chi connectivity index (χ4n) is 0.972. The molecule has 0 saturated carbocycles. The van der Waals surface area contributed by atoms with Crippen molar-refractivity contribution in [2.75, 3.05) is 6.54 Å². The summed E-state index contributed by atoms with van der Waals surface area (Å²) in [5, 5.41) is 19.6. The van der Waals surface area contributed by atoms with Gasteiger partial charge in [-0.3, -0.25) is 9.59 Å². The topological polar surface area (TPSA) is 130 Å². The standard InChI is InChI=1S/C10H18N2O5/c1-10(2,5-11)9(17)12-6(8(15)16)3-4-7(13)14/h6H,3-5,11H2,1-2H3,(H,12,17)(H,13,14)(H,15,16)/t6-/m0/s1. The van der Waals surface area contributed by atoms with Crippen molar-refractivity contribution in [3.63, 3.8) is 0 Å². The lowest BCUT2D eigenvalue weighted by Crippen LogP contribution is -2.49. The molecule has 98 valence electrons. The van der Waals surface area contributed by atoms with E-state index in [9.17, 15) is 14.4 Å². The lowest BCUT2D eigenvalue weighted by Gasteiger charge is -2.24. The van der Waals surface area contributed by atoms with Crippen LogP contribution in [0.4, 0.5) is 0 Å². The number of carbonyl (C=O) groups is 3. The van der Waals surface area contributed by atoms with Crippen LogP contribution in [0.3, 0.4) is 0 Å². The minimum absolute atomic E-state index is 0.0735. The van der Waals surface area contributed by atoms with Crippen molar-refractivity contribution in [1.29, 1.82) is 0 Å². The van der Waals surface area contributed by atoms with Crippen molar-refractivity contribution in [3.05, 3.63) is 0 Å². The fourth-order valence-corrected chi connectivity index (χ4v) is 0.972. The van der Waals surface area contributed by atoms with Crippen molar-refractivity contribution < 1.29 is 24.6 Å². The lowest BCUT2D eigenvalue weighted by molar-refractivity contribution is -0.144. The molecule has 0 aromatic rings. The van der Waals surface area contributed by atoms with Crippen molar-refractivity contribution in [2.24, 2.45) is 11.1 Å². The van der Waals surface area contributed by atoms with Crippen LogP contribution in [0.15, 0.2) is 0 Å². The zero-order valence-electron chi connectivity index (χ0n) is 9.90. The average Bonchev–Trinajstić information content (AvgIpc) is 2.22. The van der Waals surface area contributed by atoms with Gasteiger partial charge in [0.1, 0.15) is 6.04 Å². The molecule has 0 bridgehead atoms. The zero-order valence-corrected chi connectivity index (χ0v) is 9.90. The van der Waals surface area contributed by atoms with Gasteiger partial charge in [0.15, 0.2) is 0 Å². The van der Waals surface area contributed by atoms with E-state index in [0.29, 0.717) is 0 Å². The zero-order chi connectivity index (χ0) is 13.6. The molecule has 1 amide bonds. The molecule has 0 aliphatic carbocycles. The largest absolute Gasteiger partial charge is 0.481 e. The van der Waals surface area contributed by atoms with Crippen molar-refractivity contribution in [2.45, 2.75) is 32.7 Å². The molecule has 5 N–H and O–H groups in total. The van der Waals surface area contributed by atoms with Crippen molar-refractivity contribution >= 4 is 17.8 Å². The maximum absolute atomic E-state index is 11.7. The summed E-state index contributed by atoms with van der Waals surface area (Å²) in [6.07, 6.45) is -0.475. The van der Waals surface area contributed by atoms with E-state index in [4.69, 9.17) is 15.9 Å². The lowest BCUT2D eigenvalue weighted by atomic mass is 9.92. The molecule has 0 rings (SSSR count). The highest BCUT2D eigenvalue weighted by atomic mass is 16.4. The van der Waals surface area contributed by atoms with Gasteiger partial charge in [-0.05, 0) is 20.3 Å². The van der Waals surface area contributed by atoms with Crippen LogP contribution in [0.2, 0.25) is 0 Å². The Hall–Kier alpha value is -1.63. The van der Waals surface area contributed by atoms with Gasteiger partial charge in [0, 0.05) is 13.0 Å². The van der Waals surface area contributed by atoms with Crippen LogP contribution in [0.5, 0.6) is 0 Å². The number of carboxylic acid groups (broad SMARTS) is 2. The molecule has 7 nitrogen and oxygen atoms in total. The van der Waals surface area contributed by atoms with Gasteiger partial charge in [-0.15, -0.1) is 0 Å². The Kier molecular flexibility index (Phi) is 5.60. The Morgan fingerprint density at radius 1 is 1.29 bits per heavy atom. The number of nitrogens with two attached hydrogens (primary N) is 1. The maximum atomic E-state index is 11.7. The minimum atomic E-state index is -1.26. The van der Waals surface area contributed by atoms with Crippen LogP contribution in [0, 0.1) is 5.41 Å². The summed E-state index contributed by atoms with van der Waals surface area (Å²) >= 11 is 0. The SMILES string of the molecule is CC(C)(CN)C(=O)N[C@@H](CCC(=O)O)C(=O)O. The predicted octanol–water partition coefficient (Wildman–Crippen LogP) is -0.594. The molecular weight excluding hydrogens is 228 g/mol. The number of nitrogens with one attached hydrogen (secondary N) is 1. The summed E-state index contributed by atoms with van der Waals surface area (Å²) in [5.74, 6) is -2.87. The molecule has 0 heterocycles. The van der Waals surface area contributed by atoms with Crippen molar-refractivity contribution in [1.82, 2.24) is 5.32 Å². The normalized spacial score (nSPS) is 12.9. The monoisotopic (exact) mass is 246 g/mol. The summed E-state index contributed by atoms with van der Waals surface area (Å²) in [5.41, 5.74) is 4.50. The molecule has 0 radical (unpaired) electrons. The number of rotatable bonds is 7. The van der Waals surface area contributed by atoms with E-state index in [-0.39, 0.29) is 19.4 Å². The smallest absolute Gasteiger partial charge is 0.326 e. The Bertz CT molecular complexity index is 314. The van der Waals surface area contributed by atoms with E-state index in [0.717, 1.165) is 0 Å². The minimum Gasteiger partial charge on any atom is -0.481 e. The number of hydrogen-bond acceptors (Lipinski definition) is 4. The second-order valence-electron chi connectivity index (χ2n) is 4.38. The van der Waals surface area contributed by atoms with E-state index in [1.807, 2.05) is 0 Å². The number of hydrogen-bond donors (Lipinski definition) is 4. The molecule has 0 unspecified atom stereocenters. The average molecular weight is 246 g/mol. The summed E-state index contributed by atoms with van der Waals surface area (Å²) in [4.78, 5) is 32.8. The van der Waals surface area contributed by atoms with E-state index in [2.05, 4.69) is 5.32 Å². The first kappa shape index (κ1) is 15.4. The van der Waals surface area contributed by atoms with E-state index in [1.165, 1.54) is 0 Å². The highest BCUT2D eigenvalue weighted by molar-refractivity contribution is 5.87. The summed E-state index contributed by atoms with van der Waals surface area (Å²) in [6, 6.07) is -1.20. The third kappa shape index (κ3) is 5.30. The second kappa shape index (κ2) is 6.19. The van der Waals surface area contributed by atoms with E-state index < -0.39 is 29.3 Å². The molecule has 0 aliphatic heterocycles. The number of carboxylic acids is 2. The van der Waals surface area contributed by atoms with Crippen LogP contribution >= 0.6 is 0 Å². The third-order valence-corrected chi connectivity index (χ3v) is 2.38. The summed E-state index contributed by atoms with van der Waals surface area (Å²) in [7, 11) is 0.